The molecule has 2 amide bonds. The van der Waals surface area contributed by atoms with Crippen LogP contribution >= 0.6 is 0 Å². The number of methoxy groups -OCH3 is 1. The topological polar surface area (TPSA) is 98.7 Å². The molecule has 0 aliphatic heterocycles. The summed E-state index contributed by atoms with van der Waals surface area (Å²) in [6.07, 6.45) is 3.63. The number of carbonyl (C=O) groups excluding carboxylic acids is 2. The molecule has 31 heavy (non-hydrogen) atoms. The monoisotopic (exact) mass is 424 g/mol. The largest absolute Gasteiger partial charge is 0.496 e. The zero-order valence-electron chi connectivity index (χ0n) is 19.4. The van der Waals surface area contributed by atoms with Gasteiger partial charge >= 0.3 is 0 Å². The van der Waals surface area contributed by atoms with Crippen LogP contribution in [0.3, 0.4) is 0 Å². The van der Waals surface area contributed by atoms with Crippen LogP contribution in [-0.4, -0.2) is 34.9 Å². The van der Waals surface area contributed by atoms with Crippen LogP contribution in [0.2, 0.25) is 0 Å². The molecule has 3 rings (SSSR count). The third-order valence-corrected chi connectivity index (χ3v) is 5.23. The van der Waals surface area contributed by atoms with E-state index in [0.717, 1.165) is 22.4 Å². The molecule has 166 valence electrons. The van der Waals surface area contributed by atoms with Crippen molar-refractivity contribution < 1.29 is 14.3 Å². The van der Waals surface area contributed by atoms with E-state index in [1.54, 1.807) is 27.2 Å². The number of amides is 2. The molecule has 0 spiro atoms. The van der Waals surface area contributed by atoms with Crippen LogP contribution in [0.5, 0.6) is 5.75 Å². The summed E-state index contributed by atoms with van der Waals surface area (Å²) in [5.41, 5.74) is 9.32. The third kappa shape index (κ3) is 4.55. The summed E-state index contributed by atoms with van der Waals surface area (Å²) in [5, 5.41) is 2.82. The predicted molar refractivity (Wildman–Crippen MR) is 123 cm³/mol. The summed E-state index contributed by atoms with van der Waals surface area (Å²) in [6.45, 7) is 11.9. The molecule has 7 heteroatoms. The van der Waals surface area contributed by atoms with Crippen molar-refractivity contribution in [1.29, 1.82) is 0 Å². The average molecular weight is 425 g/mol. The van der Waals surface area contributed by atoms with Gasteiger partial charge in [0.25, 0.3) is 5.91 Å². The average Bonchev–Trinajstić information content (AvgIpc) is 3.17. The van der Waals surface area contributed by atoms with Crippen LogP contribution in [0, 0.1) is 6.92 Å². The highest BCUT2D eigenvalue weighted by molar-refractivity contribution is 5.99. The molecular formula is C24H32N4O3. The Bertz CT molecular complexity index is 1100. The molecular weight excluding hydrogens is 392 g/mol. The summed E-state index contributed by atoms with van der Waals surface area (Å²) >= 11 is 0. The molecule has 7 nitrogen and oxygen atoms in total. The normalized spacial score (nSPS) is 10.9. The number of aromatic nitrogens is 2. The molecule has 2 aromatic heterocycles. The first-order valence-corrected chi connectivity index (χ1v) is 10.4. The van der Waals surface area contributed by atoms with Gasteiger partial charge in [0, 0.05) is 18.3 Å². The Morgan fingerprint density at radius 3 is 2.48 bits per heavy atom. The van der Waals surface area contributed by atoms with E-state index >= 15 is 0 Å². The van der Waals surface area contributed by atoms with Crippen molar-refractivity contribution in [1.82, 2.24) is 14.7 Å². The van der Waals surface area contributed by atoms with Crippen molar-refractivity contribution in [3.63, 3.8) is 0 Å². The second kappa shape index (κ2) is 9.64. The molecule has 0 fully saturated rings. The number of primary amides is 1. The van der Waals surface area contributed by atoms with Crippen molar-refractivity contribution >= 4 is 17.5 Å². The lowest BCUT2D eigenvalue weighted by Gasteiger charge is -2.21. The highest BCUT2D eigenvalue weighted by atomic mass is 16.5. The van der Waals surface area contributed by atoms with Crippen LogP contribution in [0.4, 0.5) is 0 Å². The van der Waals surface area contributed by atoms with E-state index in [0.29, 0.717) is 23.5 Å². The van der Waals surface area contributed by atoms with Gasteiger partial charge in [-0.1, -0.05) is 13.8 Å². The maximum Gasteiger partial charge on any atom is 0.255 e. The lowest BCUT2D eigenvalue weighted by molar-refractivity contribution is -0.122. The van der Waals surface area contributed by atoms with E-state index in [2.05, 4.69) is 10.3 Å². The van der Waals surface area contributed by atoms with Gasteiger partial charge in [0.05, 0.1) is 30.0 Å². The Hall–Kier alpha value is -3.35. The summed E-state index contributed by atoms with van der Waals surface area (Å²) in [4.78, 5) is 28.7. The van der Waals surface area contributed by atoms with Crippen LogP contribution in [0.25, 0.3) is 16.9 Å². The highest BCUT2D eigenvalue weighted by Gasteiger charge is 2.28. The summed E-state index contributed by atoms with van der Waals surface area (Å²) < 4.78 is 7.42. The van der Waals surface area contributed by atoms with Crippen LogP contribution in [-0.2, 0) is 10.2 Å². The van der Waals surface area contributed by atoms with E-state index in [-0.39, 0.29) is 5.91 Å². The lowest BCUT2D eigenvalue weighted by Crippen LogP contribution is -2.35. The zero-order valence-corrected chi connectivity index (χ0v) is 19.4. The van der Waals surface area contributed by atoms with Gasteiger partial charge in [0.15, 0.2) is 0 Å². The van der Waals surface area contributed by atoms with E-state index in [4.69, 9.17) is 10.5 Å². The van der Waals surface area contributed by atoms with Crippen molar-refractivity contribution in [2.24, 2.45) is 5.73 Å². The number of nitrogens with one attached hydrogen (secondary N) is 1. The van der Waals surface area contributed by atoms with Gasteiger partial charge in [-0.3, -0.25) is 14.0 Å². The second-order valence-electron chi connectivity index (χ2n) is 7.51. The summed E-state index contributed by atoms with van der Waals surface area (Å²) in [7, 11) is 1.55. The molecule has 2 heterocycles. The predicted octanol–water partition coefficient (Wildman–Crippen LogP) is 3.86. The van der Waals surface area contributed by atoms with Gasteiger partial charge in [-0.05, 0) is 63.1 Å². The molecule has 0 saturated heterocycles. The smallest absolute Gasteiger partial charge is 0.255 e. The van der Waals surface area contributed by atoms with Crippen molar-refractivity contribution in [3.8, 4) is 17.0 Å². The zero-order chi connectivity index (χ0) is 23.3. The molecule has 0 bridgehead atoms. The number of rotatable bonds is 6. The third-order valence-electron chi connectivity index (χ3n) is 5.23. The first-order chi connectivity index (χ1) is 14.7. The SMILES string of the molecule is CC.CCNC(=O)c1c(C)cc(-c2cnc3cc(C(C)(C)C(N)=O)ccn23)cc1OC. The summed E-state index contributed by atoms with van der Waals surface area (Å²) in [5.74, 6) is -0.0489. The van der Waals surface area contributed by atoms with Gasteiger partial charge in [0.1, 0.15) is 11.4 Å². The number of carbonyl (C=O) groups is 2. The molecule has 0 unspecified atom stereocenters. The molecule has 3 aromatic rings. The number of nitrogens with two attached hydrogens (primary N) is 1. The van der Waals surface area contributed by atoms with Crippen molar-refractivity contribution in [2.75, 3.05) is 13.7 Å². The maximum atomic E-state index is 12.4. The van der Waals surface area contributed by atoms with E-state index in [9.17, 15) is 9.59 Å². The number of nitrogens with zero attached hydrogens (tertiary/aromatic N) is 2. The van der Waals surface area contributed by atoms with Gasteiger partial charge < -0.3 is 15.8 Å². The molecule has 0 radical (unpaired) electrons. The van der Waals surface area contributed by atoms with Gasteiger partial charge in [-0.15, -0.1) is 0 Å². The summed E-state index contributed by atoms with van der Waals surface area (Å²) in [6, 6.07) is 7.51. The second-order valence-corrected chi connectivity index (χ2v) is 7.51. The number of hydrogen-bond donors (Lipinski definition) is 2. The van der Waals surface area contributed by atoms with Crippen LogP contribution in [0.1, 0.15) is 56.1 Å². The Kier molecular flexibility index (Phi) is 7.44. The molecule has 3 N–H and O–H groups in total. The Morgan fingerprint density at radius 1 is 1.23 bits per heavy atom. The Morgan fingerprint density at radius 2 is 1.90 bits per heavy atom. The van der Waals surface area contributed by atoms with Crippen molar-refractivity contribution in [2.45, 2.75) is 47.0 Å². The number of pyridine rings is 1. The molecule has 0 saturated carbocycles. The van der Waals surface area contributed by atoms with Crippen LogP contribution in [0.15, 0.2) is 36.7 Å². The fourth-order valence-corrected chi connectivity index (χ4v) is 3.33. The number of benzene rings is 1. The van der Waals surface area contributed by atoms with Crippen molar-refractivity contribution in [3.05, 3.63) is 53.3 Å². The van der Waals surface area contributed by atoms with E-state index in [1.807, 2.05) is 62.6 Å². The molecule has 0 aliphatic rings. The Labute approximate surface area is 183 Å². The minimum atomic E-state index is -0.790. The van der Waals surface area contributed by atoms with E-state index < -0.39 is 11.3 Å². The minimum absolute atomic E-state index is 0.162. The van der Waals surface area contributed by atoms with Crippen LogP contribution < -0.4 is 15.8 Å². The molecule has 1 aromatic carbocycles. The molecule has 0 aliphatic carbocycles. The highest BCUT2D eigenvalue weighted by Crippen LogP contribution is 2.32. The first kappa shape index (κ1) is 23.9. The number of imidazole rings is 1. The number of fused-ring (bicyclic) bond motifs is 1. The maximum absolute atomic E-state index is 12.4. The number of ether oxygens (including phenoxy) is 1. The number of aryl methyl sites for hydroxylation is 1. The van der Waals surface area contributed by atoms with Gasteiger partial charge in [-0.2, -0.15) is 0 Å². The fraction of sp³-hybridized carbons (Fsp3) is 0.375. The minimum Gasteiger partial charge on any atom is -0.496 e. The standard InChI is InChI=1S/C22H26N4O3.C2H6/c1-6-24-20(27)19-13(2)9-14(10-17(19)29-5)16-12-25-18-11-15(7-8-26(16)18)22(3,4)21(23)28;1-2/h7-12H,6H2,1-5H3,(H2,23,28)(H,24,27);1-2H3. The fourth-order valence-electron chi connectivity index (χ4n) is 3.33. The Balaban J connectivity index is 0.00000166. The molecule has 0 atom stereocenters. The quantitative estimate of drug-likeness (QED) is 0.628. The van der Waals surface area contributed by atoms with Gasteiger partial charge in [-0.25, -0.2) is 4.98 Å². The lowest BCUT2D eigenvalue weighted by atomic mass is 9.84. The van der Waals surface area contributed by atoms with Gasteiger partial charge in [0.2, 0.25) is 5.91 Å². The number of hydrogen-bond acceptors (Lipinski definition) is 4. The first-order valence-electron chi connectivity index (χ1n) is 10.4. The van der Waals surface area contributed by atoms with E-state index in [1.165, 1.54) is 0 Å².